The lowest BCUT2D eigenvalue weighted by Crippen LogP contribution is -2.30. The van der Waals surface area contributed by atoms with Crippen molar-refractivity contribution >= 4 is 5.97 Å². The number of rotatable bonds is 5. The maximum Gasteiger partial charge on any atom is 0.334 e. The molecule has 0 aliphatic rings. The van der Waals surface area contributed by atoms with E-state index in [1.807, 2.05) is 6.92 Å². The van der Waals surface area contributed by atoms with Crippen LogP contribution in [0.1, 0.15) is 33.6 Å². The zero-order valence-electron chi connectivity index (χ0n) is 9.28. The first-order chi connectivity index (χ1) is 6.78. The first-order valence-corrected chi connectivity index (χ1v) is 4.78. The van der Waals surface area contributed by atoms with Crippen LogP contribution in [0.2, 0.25) is 0 Å². The molecule has 5 heteroatoms. The van der Waals surface area contributed by atoms with E-state index in [9.17, 15) is 4.79 Å². The second-order valence-corrected chi connectivity index (χ2v) is 3.57. The van der Waals surface area contributed by atoms with Gasteiger partial charge in [0.1, 0.15) is 0 Å². The van der Waals surface area contributed by atoms with Gasteiger partial charge in [0.2, 0.25) is 0 Å². The molecule has 0 aromatic heterocycles. The first kappa shape index (κ1) is 14.1. The average Bonchev–Trinajstić information content (AvgIpc) is 2.08. The van der Waals surface area contributed by atoms with Gasteiger partial charge in [-0.1, -0.05) is 12.5 Å². The summed E-state index contributed by atoms with van der Waals surface area (Å²) in [6.07, 6.45) is 0.127. The van der Waals surface area contributed by atoms with Gasteiger partial charge in [0, 0.05) is 5.57 Å². The van der Waals surface area contributed by atoms with Crippen molar-refractivity contribution in [3.05, 3.63) is 11.1 Å². The summed E-state index contributed by atoms with van der Waals surface area (Å²) in [6.45, 7) is 5.39. The molecule has 0 fully saturated rings. The number of aliphatic hydroxyl groups is 3. The minimum atomic E-state index is -2.88. The van der Waals surface area contributed by atoms with Crippen molar-refractivity contribution in [3.63, 3.8) is 0 Å². The minimum Gasteiger partial charge on any atom is -0.462 e. The van der Waals surface area contributed by atoms with Crippen molar-refractivity contribution in [3.8, 4) is 0 Å². The molecule has 0 amide bonds. The summed E-state index contributed by atoms with van der Waals surface area (Å²) in [5, 5.41) is 26.3. The molecule has 0 radical (unpaired) electrons. The molecule has 0 saturated carbocycles. The van der Waals surface area contributed by atoms with Crippen LogP contribution in [-0.4, -0.2) is 33.9 Å². The summed E-state index contributed by atoms with van der Waals surface area (Å²) < 4.78 is 4.83. The second-order valence-electron chi connectivity index (χ2n) is 3.57. The lowest BCUT2D eigenvalue weighted by molar-refractivity contribution is -0.309. The summed E-state index contributed by atoms with van der Waals surface area (Å²) in [4.78, 5) is 11.4. The number of ether oxygens (including phenoxy) is 1. The lowest BCUT2D eigenvalue weighted by atomic mass is 10.1. The zero-order chi connectivity index (χ0) is 12.1. The SMILES string of the molecule is CCCOC(=O)C(CC(O)(O)O)=C(C)C. The van der Waals surface area contributed by atoms with Crippen LogP contribution in [0.5, 0.6) is 0 Å². The monoisotopic (exact) mass is 218 g/mol. The molecule has 0 rings (SSSR count). The maximum atomic E-state index is 11.4. The Kier molecular flexibility index (Phi) is 5.49. The summed E-state index contributed by atoms with van der Waals surface area (Å²) in [6, 6.07) is 0. The fourth-order valence-corrected chi connectivity index (χ4v) is 0.972. The van der Waals surface area contributed by atoms with E-state index >= 15 is 0 Å². The first-order valence-electron chi connectivity index (χ1n) is 4.78. The molecule has 0 aromatic rings. The van der Waals surface area contributed by atoms with Gasteiger partial charge >= 0.3 is 5.97 Å². The summed E-state index contributed by atoms with van der Waals surface area (Å²) in [5.74, 6) is -3.50. The largest absolute Gasteiger partial charge is 0.462 e. The summed E-state index contributed by atoms with van der Waals surface area (Å²) in [7, 11) is 0. The van der Waals surface area contributed by atoms with Crippen molar-refractivity contribution in [1.29, 1.82) is 0 Å². The van der Waals surface area contributed by atoms with E-state index in [-0.39, 0.29) is 12.2 Å². The fourth-order valence-electron chi connectivity index (χ4n) is 0.972. The lowest BCUT2D eigenvalue weighted by Gasteiger charge is -2.16. The molecule has 88 valence electrons. The van der Waals surface area contributed by atoms with E-state index in [0.717, 1.165) is 0 Å². The molecule has 0 bridgehead atoms. The Bertz CT molecular complexity index is 245. The van der Waals surface area contributed by atoms with E-state index in [1.54, 1.807) is 13.8 Å². The number of carbonyl (C=O) groups excluding carboxylic acids is 1. The molecule has 0 saturated heterocycles. The van der Waals surface area contributed by atoms with Gasteiger partial charge in [-0.2, -0.15) is 0 Å². The van der Waals surface area contributed by atoms with Crippen LogP contribution in [0.25, 0.3) is 0 Å². The van der Waals surface area contributed by atoms with E-state index in [4.69, 9.17) is 20.1 Å². The Morgan fingerprint density at radius 1 is 1.27 bits per heavy atom. The van der Waals surface area contributed by atoms with Crippen LogP contribution in [0.15, 0.2) is 11.1 Å². The fraction of sp³-hybridized carbons (Fsp3) is 0.700. The van der Waals surface area contributed by atoms with Gasteiger partial charge in [-0.05, 0) is 20.3 Å². The van der Waals surface area contributed by atoms with E-state index in [1.165, 1.54) is 0 Å². The van der Waals surface area contributed by atoms with Gasteiger partial charge in [0.15, 0.2) is 0 Å². The van der Waals surface area contributed by atoms with Crippen LogP contribution >= 0.6 is 0 Å². The second kappa shape index (κ2) is 5.85. The summed E-state index contributed by atoms with van der Waals surface area (Å²) in [5.41, 5.74) is 0.661. The number of esters is 1. The van der Waals surface area contributed by atoms with Crippen LogP contribution in [0.4, 0.5) is 0 Å². The number of hydrogen-bond acceptors (Lipinski definition) is 5. The Hall–Kier alpha value is -0.910. The third-order valence-corrected chi connectivity index (χ3v) is 1.70. The highest BCUT2D eigenvalue weighted by Gasteiger charge is 2.25. The molecule has 0 heterocycles. The third-order valence-electron chi connectivity index (χ3n) is 1.70. The standard InChI is InChI=1S/C10H18O5/c1-4-5-15-9(11)8(7(2)3)6-10(12,13)14/h12-14H,4-6H2,1-3H3. The highest BCUT2D eigenvalue weighted by molar-refractivity contribution is 5.89. The van der Waals surface area contributed by atoms with E-state index in [2.05, 4.69) is 0 Å². The Morgan fingerprint density at radius 3 is 2.13 bits per heavy atom. The molecule has 0 aliphatic carbocycles. The quantitative estimate of drug-likeness (QED) is 0.351. The summed E-state index contributed by atoms with van der Waals surface area (Å²) >= 11 is 0. The number of carbonyl (C=O) groups is 1. The predicted molar refractivity (Wildman–Crippen MR) is 53.6 cm³/mol. The number of hydrogen-bond donors (Lipinski definition) is 3. The topological polar surface area (TPSA) is 87.0 Å². The van der Waals surface area contributed by atoms with Crippen LogP contribution in [0.3, 0.4) is 0 Å². The van der Waals surface area contributed by atoms with Gasteiger partial charge in [-0.15, -0.1) is 0 Å². The maximum absolute atomic E-state index is 11.4. The van der Waals surface area contributed by atoms with Crippen LogP contribution in [-0.2, 0) is 9.53 Å². The molecule has 3 N–H and O–H groups in total. The average molecular weight is 218 g/mol. The van der Waals surface area contributed by atoms with Gasteiger partial charge in [0.05, 0.1) is 13.0 Å². The molecule has 15 heavy (non-hydrogen) atoms. The predicted octanol–water partition coefficient (Wildman–Crippen LogP) is 0.297. The zero-order valence-corrected chi connectivity index (χ0v) is 9.28. The Labute approximate surface area is 89.0 Å². The molecule has 5 nitrogen and oxygen atoms in total. The Balaban J connectivity index is 4.57. The minimum absolute atomic E-state index is 0.0796. The highest BCUT2D eigenvalue weighted by Crippen LogP contribution is 2.16. The van der Waals surface area contributed by atoms with E-state index < -0.39 is 18.4 Å². The molecular formula is C10H18O5. The highest BCUT2D eigenvalue weighted by atomic mass is 16.7. The van der Waals surface area contributed by atoms with Crippen LogP contribution < -0.4 is 0 Å². The molecule has 0 aromatic carbocycles. The molecule has 0 atom stereocenters. The molecule has 0 spiro atoms. The smallest absolute Gasteiger partial charge is 0.334 e. The van der Waals surface area contributed by atoms with Crippen molar-refractivity contribution in [2.24, 2.45) is 0 Å². The molecular weight excluding hydrogens is 200 g/mol. The van der Waals surface area contributed by atoms with Gasteiger partial charge in [-0.25, -0.2) is 4.79 Å². The van der Waals surface area contributed by atoms with Gasteiger partial charge in [0.25, 0.3) is 5.97 Å². The van der Waals surface area contributed by atoms with Gasteiger partial charge < -0.3 is 20.1 Å². The number of allylic oxidation sites excluding steroid dienone is 1. The van der Waals surface area contributed by atoms with Crippen LogP contribution in [0, 0.1) is 0 Å². The van der Waals surface area contributed by atoms with E-state index in [0.29, 0.717) is 12.0 Å². The van der Waals surface area contributed by atoms with Crippen molar-refractivity contribution in [2.75, 3.05) is 6.61 Å². The van der Waals surface area contributed by atoms with Crippen molar-refractivity contribution in [2.45, 2.75) is 39.6 Å². The van der Waals surface area contributed by atoms with Crippen molar-refractivity contribution < 1.29 is 24.9 Å². The van der Waals surface area contributed by atoms with Gasteiger partial charge in [-0.3, -0.25) is 0 Å². The Morgan fingerprint density at radius 2 is 1.80 bits per heavy atom. The molecule has 0 aliphatic heterocycles. The normalized spacial score (nSPS) is 11.1. The third kappa shape index (κ3) is 6.22. The molecule has 0 unspecified atom stereocenters. The van der Waals surface area contributed by atoms with Crippen molar-refractivity contribution in [1.82, 2.24) is 0 Å².